The molecule has 0 N–H and O–H groups in total. The molecule has 0 atom stereocenters. The van der Waals surface area contributed by atoms with Gasteiger partial charge in [0, 0.05) is 98.8 Å². The van der Waals surface area contributed by atoms with Crippen LogP contribution in [0.25, 0.3) is 65.4 Å². The molecule has 12 rings (SSSR count). The van der Waals surface area contributed by atoms with E-state index in [0.29, 0.717) is 0 Å². The van der Waals surface area contributed by atoms with Gasteiger partial charge in [-0.2, -0.15) is 10.2 Å². The number of fused-ring (bicyclic) bond motifs is 6. The van der Waals surface area contributed by atoms with Gasteiger partial charge in [0.1, 0.15) is 5.82 Å². The molecular weight excluding hydrogens is 1030 g/mol. The second-order valence-electron chi connectivity index (χ2n) is 18.0. The number of rotatable bonds is 0. The summed E-state index contributed by atoms with van der Waals surface area (Å²) in [7, 11) is 0. The zero-order valence-corrected chi connectivity index (χ0v) is 55.2. The van der Waals surface area contributed by atoms with E-state index in [1.54, 1.807) is 12.4 Å². The van der Waals surface area contributed by atoms with Crippen LogP contribution in [0.3, 0.4) is 0 Å². The Bertz CT molecular complexity index is 3150. The third-order valence-electron chi connectivity index (χ3n) is 11.2. The number of benzene rings is 3. The minimum absolute atomic E-state index is 0.827. The molecule has 0 unspecified atom stereocenters. The van der Waals surface area contributed by atoms with Gasteiger partial charge in [-0.15, -0.1) is 0 Å². The maximum absolute atomic E-state index is 4.40. The number of aryl methyl sites for hydroxylation is 12. The average Bonchev–Trinajstić information content (AvgIpc) is 3.59. The van der Waals surface area contributed by atoms with Crippen LogP contribution in [0.15, 0.2) is 147 Å². The van der Waals surface area contributed by atoms with E-state index in [1.807, 2.05) is 212 Å². The zero-order chi connectivity index (χ0) is 63.3. The van der Waals surface area contributed by atoms with Crippen LogP contribution in [0.5, 0.6) is 0 Å². The van der Waals surface area contributed by atoms with Crippen LogP contribution in [0.4, 0.5) is 0 Å². The van der Waals surface area contributed by atoms with E-state index in [2.05, 4.69) is 148 Å². The molecule has 9 aromatic heterocycles. The summed E-state index contributed by atoms with van der Waals surface area (Å²) < 4.78 is 0. The molecule has 0 amide bonds. The maximum Gasteiger partial charge on any atom is 0.125 e. The molecule has 0 spiro atoms. The highest BCUT2D eigenvalue weighted by Crippen LogP contribution is 2.18. The smallest absolute Gasteiger partial charge is 0.125 e. The molecule has 0 aliphatic carbocycles. The topological polar surface area (TPSA) is 155 Å². The van der Waals surface area contributed by atoms with Crippen molar-refractivity contribution >= 4 is 65.4 Å². The van der Waals surface area contributed by atoms with Gasteiger partial charge < -0.3 is 0 Å². The molecule has 12 aromatic rings. The monoisotopic (exact) mass is 1130 g/mol. The number of hydrogen-bond donors (Lipinski definition) is 0. The lowest BCUT2D eigenvalue weighted by Gasteiger charge is -2.00. The van der Waals surface area contributed by atoms with Gasteiger partial charge in [-0.1, -0.05) is 113 Å². The van der Waals surface area contributed by atoms with Crippen molar-refractivity contribution in [2.75, 3.05) is 0 Å². The molecule has 0 aliphatic rings. The number of nitrogens with zero attached hydrogens (tertiary/aromatic N) is 12. The highest BCUT2D eigenvalue weighted by molar-refractivity contribution is 5.82. The lowest BCUT2D eigenvalue weighted by Crippen LogP contribution is -1.87. The molecule has 12 nitrogen and oxygen atoms in total. The second-order valence-corrected chi connectivity index (χ2v) is 18.0. The highest BCUT2D eigenvalue weighted by Gasteiger charge is 2.01. The van der Waals surface area contributed by atoms with Gasteiger partial charge in [-0.05, 0) is 184 Å². The van der Waals surface area contributed by atoms with Gasteiger partial charge in [0.25, 0.3) is 0 Å². The molecule has 0 radical (unpaired) electrons. The fourth-order valence-corrected chi connectivity index (χ4v) is 7.65. The Morgan fingerprint density at radius 1 is 0.238 bits per heavy atom. The van der Waals surface area contributed by atoms with Gasteiger partial charge >= 0.3 is 0 Å². The molecule has 0 saturated carbocycles. The van der Waals surface area contributed by atoms with Gasteiger partial charge in [-0.25, -0.2) is 9.97 Å². The summed E-state index contributed by atoms with van der Waals surface area (Å²) in [4.78, 5) is 42.4. The summed E-state index contributed by atoms with van der Waals surface area (Å²) in [6, 6.07) is 32.9. The molecule has 0 bridgehead atoms. The standard InChI is InChI=1S/6C10H10N2.6C2H6/c1-7-3-9-4-8(2)12-6-10(9)5-11-7;1-7-3-9-4-8(2)11-6-10(9)12-5-7;1-7-5-8(2)10-9(6-7)11-3-4-12-10;1-7-3-4-9-6-11-8(2)5-10(9)12-7;1-7-3-4-9-6-11-8(2)12-10(9)5-7;1-7-3-4-10-9(5-7)6-8(2)11-12-10;6*1-2/h6*3-6H,1-2H3;6*1-2H3. The predicted molar refractivity (Wildman–Crippen MR) is 362 cm³/mol. The molecule has 0 fully saturated rings. The quantitative estimate of drug-likeness (QED) is 0.142. The lowest BCUT2D eigenvalue weighted by molar-refractivity contribution is 1.02. The summed E-state index contributed by atoms with van der Waals surface area (Å²) in [5.74, 6) is 0.827. The average molecular weight is 1130 g/mol. The zero-order valence-electron chi connectivity index (χ0n) is 55.2. The molecule has 3 aromatic carbocycles. The van der Waals surface area contributed by atoms with E-state index < -0.39 is 0 Å². The van der Waals surface area contributed by atoms with Crippen LogP contribution in [-0.4, -0.2) is 60.0 Å². The first kappa shape index (κ1) is 73.4. The molecule has 0 saturated heterocycles. The van der Waals surface area contributed by atoms with E-state index in [0.717, 1.165) is 89.2 Å². The molecular formula is C72H96N12. The van der Waals surface area contributed by atoms with E-state index in [-0.39, 0.29) is 0 Å². The Morgan fingerprint density at radius 2 is 0.702 bits per heavy atom. The van der Waals surface area contributed by atoms with Gasteiger partial charge in [0.2, 0.25) is 0 Å². The second kappa shape index (κ2) is 40.5. The molecule has 12 heteroatoms. The van der Waals surface area contributed by atoms with Crippen molar-refractivity contribution in [2.45, 2.75) is 166 Å². The van der Waals surface area contributed by atoms with E-state index >= 15 is 0 Å². The number of pyridine rings is 6. The third kappa shape index (κ3) is 24.8. The van der Waals surface area contributed by atoms with Crippen molar-refractivity contribution in [3.05, 3.63) is 214 Å². The minimum Gasteiger partial charge on any atom is -0.261 e. The van der Waals surface area contributed by atoms with Crippen LogP contribution >= 0.6 is 0 Å². The van der Waals surface area contributed by atoms with E-state index in [1.165, 1.54) is 44.0 Å². The Morgan fingerprint density at radius 3 is 1.33 bits per heavy atom. The first-order valence-electron chi connectivity index (χ1n) is 29.7. The summed E-state index contributed by atoms with van der Waals surface area (Å²) in [5, 5.41) is 14.9. The fraction of sp³-hybridized carbons (Fsp3) is 0.333. The Balaban J connectivity index is 0.000000486. The Labute approximate surface area is 503 Å². The molecule has 0 aliphatic heterocycles. The van der Waals surface area contributed by atoms with E-state index in [4.69, 9.17) is 0 Å². The van der Waals surface area contributed by atoms with Crippen molar-refractivity contribution in [3.63, 3.8) is 0 Å². The van der Waals surface area contributed by atoms with Crippen molar-refractivity contribution in [2.24, 2.45) is 0 Å². The normalized spacial score (nSPS) is 9.43. The van der Waals surface area contributed by atoms with Crippen molar-refractivity contribution < 1.29 is 0 Å². The molecule has 9 heterocycles. The van der Waals surface area contributed by atoms with Gasteiger partial charge in [-0.3, -0.25) is 39.9 Å². The van der Waals surface area contributed by atoms with Crippen LogP contribution in [0.1, 0.15) is 151 Å². The molecule has 444 valence electrons. The van der Waals surface area contributed by atoms with Gasteiger partial charge in [0.05, 0.1) is 45.0 Å². The summed E-state index contributed by atoms with van der Waals surface area (Å²) >= 11 is 0. The predicted octanol–water partition coefficient (Wildman–Crippen LogP) is 19.6. The van der Waals surface area contributed by atoms with Gasteiger partial charge in [0.15, 0.2) is 0 Å². The first-order chi connectivity index (χ1) is 40.5. The van der Waals surface area contributed by atoms with Crippen molar-refractivity contribution in [1.82, 2.24) is 60.0 Å². The van der Waals surface area contributed by atoms with Crippen molar-refractivity contribution in [1.29, 1.82) is 0 Å². The first-order valence-corrected chi connectivity index (χ1v) is 29.7. The maximum atomic E-state index is 4.40. The number of aromatic nitrogens is 12. The van der Waals surface area contributed by atoms with Crippen LogP contribution in [0.2, 0.25) is 0 Å². The summed E-state index contributed by atoms with van der Waals surface area (Å²) in [6.07, 6.45) is 14.6. The highest BCUT2D eigenvalue weighted by atomic mass is 15.1. The Hall–Kier alpha value is -8.64. The van der Waals surface area contributed by atoms with Crippen molar-refractivity contribution in [3.8, 4) is 0 Å². The number of hydrogen-bond acceptors (Lipinski definition) is 12. The lowest BCUT2D eigenvalue weighted by atomic mass is 10.1. The minimum atomic E-state index is 0.827. The summed E-state index contributed by atoms with van der Waals surface area (Å²) in [5.41, 5.74) is 18.3. The van der Waals surface area contributed by atoms with Crippen LogP contribution in [-0.2, 0) is 0 Å². The SMILES string of the molecule is CC.CC.CC.CC.CC.CC.Cc1cc(C)c2nccnc2c1.Cc1cc2cc(C)ncc2cn1.Cc1cc2nc(C)ccc2cn1.Cc1ccc2cnc(C)nc2c1.Cc1ccc2nnc(C)cc2c1.Cc1cnc2cnc(C)cc2c1. The Kier molecular flexibility index (Phi) is 35.4. The summed E-state index contributed by atoms with van der Waals surface area (Å²) in [6.45, 7) is 48.1. The van der Waals surface area contributed by atoms with Crippen LogP contribution < -0.4 is 0 Å². The third-order valence-corrected chi connectivity index (χ3v) is 11.2. The van der Waals surface area contributed by atoms with Crippen LogP contribution in [0, 0.1) is 83.1 Å². The fourth-order valence-electron chi connectivity index (χ4n) is 7.65. The molecule has 84 heavy (non-hydrogen) atoms. The largest absolute Gasteiger partial charge is 0.261 e. The van der Waals surface area contributed by atoms with E-state index in [9.17, 15) is 0 Å².